The molecule has 0 radical (unpaired) electrons. The number of nitrogens with zero attached hydrogens (tertiary/aromatic N) is 2. The molecule has 1 saturated heterocycles. The van der Waals surface area contributed by atoms with Crippen molar-refractivity contribution in [2.75, 3.05) is 30.9 Å². The molecule has 1 saturated carbocycles. The summed E-state index contributed by atoms with van der Waals surface area (Å²) in [4.78, 5) is 18.0. The van der Waals surface area contributed by atoms with E-state index in [1.54, 1.807) is 0 Å². The molecule has 30 heavy (non-hydrogen) atoms. The zero-order valence-electron chi connectivity index (χ0n) is 18.4. The standard InChI is InChI=1S/C26H35N3O/c1-28(2)22-14-10-13-21(19-22)27-26(30)25-17-8-9-18-29(25)24-16-7-6-15-23(24)20-11-4-3-5-12-20/h3-5,10-14,19,23-25H,6-9,15-18H2,1-2H3,(H,27,30)/t23-,24-,25?/m1/s1. The highest BCUT2D eigenvalue weighted by Gasteiger charge is 2.38. The van der Waals surface area contributed by atoms with Gasteiger partial charge < -0.3 is 10.2 Å². The predicted octanol–water partition coefficient (Wildman–Crippen LogP) is 5.27. The van der Waals surface area contributed by atoms with Crippen LogP contribution in [0, 0.1) is 0 Å². The van der Waals surface area contributed by atoms with Gasteiger partial charge in [-0.25, -0.2) is 0 Å². The summed E-state index contributed by atoms with van der Waals surface area (Å²) in [5, 5.41) is 3.22. The van der Waals surface area contributed by atoms with E-state index in [-0.39, 0.29) is 11.9 Å². The van der Waals surface area contributed by atoms with E-state index >= 15 is 0 Å². The van der Waals surface area contributed by atoms with Crippen LogP contribution in [0.4, 0.5) is 11.4 Å². The van der Waals surface area contributed by atoms with Crippen molar-refractivity contribution in [1.82, 2.24) is 4.90 Å². The topological polar surface area (TPSA) is 35.6 Å². The first-order chi connectivity index (χ1) is 14.6. The first-order valence-corrected chi connectivity index (χ1v) is 11.5. The van der Waals surface area contributed by atoms with Gasteiger partial charge in [-0.05, 0) is 61.9 Å². The van der Waals surface area contributed by atoms with Crippen molar-refractivity contribution in [3.63, 3.8) is 0 Å². The SMILES string of the molecule is CN(C)c1cccc(NC(=O)C2CCCCN2[C@@H]2CCCC[C@@H]2c2ccccc2)c1. The largest absolute Gasteiger partial charge is 0.378 e. The van der Waals surface area contributed by atoms with Gasteiger partial charge in [0.25, 0.3) is 0 Å². The highest BCUT2D eigenvalue weighted by atomic mass is 16.2. The highest BCUT2D eigenvalue weighted by Crippen LogP contribution is 2.38. The molecule has 1 amide bonds. The minimum atomic E-state index is -0.0314. The van der Waals surface area contributed by atoms with E-state index in [1.165, 1.54) is 37.7 Å². The van der Waals surface area contributed by atoms with E-state index in [1.807, 2.05) is 26.2 Å². The van der Waals surface area contributed by atoms with Gasteiger partial charge in [0.15, 0.2) is 0 Å². The Morgan fingerprint density at radius 2 is 1.70 bits per heavy atom. The number of carbonyl (C=O) groups excluding carboxylic acids is 1. The second-order valence-electron chi connectivity index (χ2n) is 9.05. The maximum absolute atomic E-state index is 13.4. The van der Waals surface area contributed by atoms with Gasteiger partial charge in [0.05, 0.1) is 6.04 Å². The van der Waals surface area contributed by atoms with Gasteiger partial charge in [-0.1, -0.05) is 55.7 Å². The molecule has 0 bridgehead atoms. The van der Waals surface area contributed by atoms with Gasteiger partial charge >= 0.3 is 0 Å². The molecule has 4 rings (SSSR count). The maximum Gasteiger partial charge on any atom is 0.241 e. The molecule has 1 heterocycles. The molecule has 1 N–H and O–H groups in total. The molecule has 1 aliphatic carbocycles. The van der Waals surface area contributed by atoms with Crippen LogP contribution in [0.2, 0.25) is 0 Å². The van der Waals surface area contributed by atoms with Crippen LogP contribution in [-0.2, 0) is 4.79 Å². The van der Waals surface area contributed by atoms with Crippen LogP contribution in [0.15, 0.2) is 54.6 Å². The molecule has 2 aromatic carbocycles. The lowest BCUT2D eigenvalue weighted by molar-refractivity contribution is -0.124. The van der Waals surface area contributed by atoms with Gasteiger partial charge in [-0.15, -0.1) is 0 Å². The number of anilines is 2. The first kappa shape index (κ1) is 20.9. The molecule has 160 valence electrons. The van der Waals surface area contributed by atoms with E-state index in [4.69, 9.17) is 0 Å². The number of carbonyl (C=O) groups is 1. The summed E-state index contributed by atoms with van der Waals surface area (Å²) in [6, 6.07) is 19.5. The Morgan fingerprint density at radius 3 is 2.50 bits per heavy atom. The lowest BCUT2D eigenvalue weighted by Crippen LogP contribution is -2.54. The third-order valence-corrected chi connectivity index (χ3v) is 6.86. The van der Waals surface area contributed by atoms with Crippen LogP contribution in [0.3, 0.4) is 0 Å². The van der Waals surface area contributed by atoms with E-state index in [2.05, 4.69) is 57.6 Å². The molecule has 4 nitrogen and oxygen atoms in total. The smallest absolute Gasteiger partial charge is 0.241 e. The minimum absolute atomic E-state index is 0.0314. The molecule has 0 aromatic heterocycles. The van der Waals surface area contributed by atoms with E-state index in [9.17, 15) is 4.79 Å². The van der Waals surface area contributed by atoms with Crippen molar-refractivity contribution in [1.29, 1.82) is 0 Å². The fraction of sp³-hybridized carbons (Fsp3) is 0.500. The first-order valence-electron chi connectivity index (χ1n) is 11.5. The van der Waals surface area contributed by atoms with Crippen LogP contribution in [0.5, 0.6) is 0 Å². The number of benzene rings is 2. The Balaban J connectivity index is 1.53. The number of hydrogen-bond acceptors (Lipinski definition) is 3. The van der Waals surface area contributed by atoms with Crippen molar-refractivity contribution >= 4 is 17.3 Å². The van der Waals surface area contributed by atoms with Gasteiger partial charge in [-0.2, -0.15) is 0 Å². The molecule has 4 heteroatoms. The third-order valence-electron chi connectivity index (χ3n) is 6.86. The average molecular weight is 406 g/mol. The number of piperidine rings is 1. The Bertz CT molecular complexity index is 835. The van der Waals surface area contributed by atoms with Gasteiger partial charge in [0, 0.05) is 31.5 Å². The molecular weight excluding hydrogens is 370 g/mol. The minimum Gasteiger partial charge on any atom is -0.378 e. The Labute approximate surface area is 181 Å². The number of likely N-dealkylation sites (tertiary alicyclic amines) is 1. The van der Waals surface area contributed by atoms with Crippen LogP contribution >= 0.6 is 0 Å². The highest BCUT2D eigenvalue weighted by molar-refractivity contribution is 5.95. The van der Waals surface area contributed by atoms with E-state index < -0.39 is 0 Å². The van der Waals surface area contributed by atoms with Crippen LogP contribution < -0.4 is 10.2 Å². The van der Waals surface area contributed by atoms with Crippen molar-refractivity contribution in [2.24, 2.45) is 0 Å². The lowest BCUT2D eigenvalue weighted by Gasteiger charge is -2.45. The fourth-order valence-electron chi connectivity index (χ4n) is 5.32. The number of amides is 1. The summed E-state index contributed by atoms with van der Waals surface area (Å²) in [6.45, 7) is 1.03. The molecule has 1 aliphatic heterocycles. The second kappa shape index (κ2) is 9.65. The molecular formula is C26H35N3O. The van der Waals surface area contributed by atoms with Gasteiger partial charge in [-0.3, -0.25) is 9.69 Å². The summed E-state index contributed by atoms with van der Waals surface area (Å²) < 4.78 is 0. The quantitative estimate of drug-likeness (QED) is 0.736. The summed E-state index contributed by atoms with van der Waals surface area (Å²) >= 11 is 0. The van der Waals surface area contributed by atoms with Gasteiger partial charge in [0.1, 0.15) is 0 Å². The van der Waals surface area contributed by atoms with Crippen LogP contribution in [-0.4, -0.2) is 43.5 Å². The second-order valence-corrected chi connectivity index (χ2v) is 9.05. The molecule has 2 aliphatic rings. The molecule has 3 atom stereocenters. The third kappa shape index (κ3) is 4.70. The van der Waals surface area contributed by atoms with Crippen molar-refractivity contribution in [3.8, 4) is 0 Å². The molecule has 1 unspecified atom stereocenters. The van der Waals surface area contributed by atoms with Gasteiger partial charge in [0.2, 0.25) is 5.91 Å². The average Bonchev–Trinajstić information content (AvgIpc) is 2.80. The lowest BCUT2D eigenvalue weighted by atomic mass is 9.78. The van der Waals surface area contributed by atoms with Crippen LogP contribution in [0.25, 0.3) is 0 Å². The summed E-state index contributed by atoms with van der Waals surface area (Å²) in [5.41, 5.74) is 3.43. The maximum atomic E-state index is 13.4. The van der Waals surface area contributed by atoms with Crippen molar-refractivity contribution < 1.29 is 4.79 Å². The summed E-state index contributed by atoms with van der Waals surface area (Å²) in [5.74, 6) is 0.688. The molecule has 2 aromatic rings. The normalized spacial score (nSPS) is 24.9. The predicted molar refractivity (Wildman–Crippen MR) is 125 cm³/mol. The van der Waals surface area contributed by atoms with Crippen LogP contribution in [0.1, 0.15) is 56.4 Å². The molecule has 0 spiro atoms. The Morgan fingerprint density at radius 1 is 0.933 bits per heavy atom. The van der Waals surface area contributed by atoms with E-state index in [0.29, 0.717) is 12.0 Å². The van der Waals surface area contributed by atoms with Crippen molar-refractivity contribution in [2.45, 2.75) is 62.9 Å². The monoisotopic (exact) mass is 405 g/mol. The zero-order chi connectivity index (χ0) is 20.9. The number of hydrogen-bond donors (Lipinski definition) is 1. The zero-order valence-corrected chi connectivity index (χ0v) is 18.4. The fourth-order valence-corrected chi connectivity index (χ4v) is 5.32. The molecule has 2 fully saturated rings. The number of rotatable bonds is 5. The summed E-state index contributed by atoms with van der Waals surface area (Å²) in [6.07, 6.45) is 8.26. The Kier molecular flexibility index (Phi) is 6.73. The van der Waals surface area contributed by atoms with Crippen molar-refractivity contribution in [3.05, 3.63) is 60.2 Å². The Hall–Kier alpha value is -2.33. The summed E-state index contributed by atoms with van der Waals surface area (Å²) in [7, 11) is 4.05. The van der Waals surface area contributed by atoms with E-state index in [0.717, 1.165) is 30.8 Å². The number of nitrogens with one attached hydrogen (secondary N) is 1.